The maximum absolute atomic E-state index is 12.5. The molecule has 6 heteroatoms. The number of rotatable bonds is 4. The largest absolute Gasteiger partial charge is 0.392 e. The molecular weight excluding hydrogens is 294 g/mol. The van der Waals surface area contributed by atoms with Crippen LogP contribution >= 0.6 is 11.3 Å². The van der Waals surface area contributed by atoms with Crippen molar-refractivity contribution >= 4 is 27.0 Å². The van der Waals surface area contributed by atoms with Gasteiger partial charge >= 0.3 is 0 Å². The topological polar surface area (TPSA) is 57.6 Å². The third kappa shape index (κ3) is 2.87. The molecule has 0 fully saturated rings. The molecular formula is C14H17NO3S2. The smallest absolute Gasteiger partial charge is 0.273 e. The van der Waals surface area contributed by atoms with Gasteiger partial charge in [0.25, 0.3) is 10.0 Å². The highest BCUT2D eigenvalue weighted by molar-refractivity contribution is 7.94. The Morgan fingerprint density at radius 1 is 1.15 bits per heavy atom. The normalized spacial score (nSPS) is 11.6. The highest BCUT2D eigenvalue weighted by atomic mass is 32.2. The zero-order valence-electron chi connectivity index (χ0n) is 11.6. The molecule has 1 heterocycles. The Kier molecular flexibility index (Phi) is 4.17. The summed E-state index contributed by atoms with van der Waals surface area (Å²) in [6, 6.07) is 7.19. The highest BCUT2D eigenvalue weighted by Crippen LogP contribution is 2.28. The number of benzene rings is 1. The Labute approximate surface area is 123 Å². The van der Waals surface area contributed by atoms with Crippen molar-refractivity contribution in [1.29, 1.82) is 0 Å². The van der Waals surface area contributed by atoms with Gasteiger partial charge in [-0.1, -0.05) is 6.07 Å². The van der Waals surface area contributed by atoms with Crippen molar-refractivity contribution < 1.29 is 13.5 Å². The van der Waals surface area contributed by atoms with E-state index >= 15 is 0 Å². The van der Waals surface area contributed by atoms with Crippen molar-refractivity contribution in [3.8, 4) is 0 Å². The molecule has 20 heavy (non-hydrogen) atoms. The zero-order chi connectivity index (χ0) is 14.9. The molecule has 0 aliphatic rings. The molecule has 0 spiro atoms. The van der Waals surface area contributed by atoms with E-state index in [1.807, 2.05) is 32.0 Å². The van der Waals surface area contributed by atoms with Crippen LogP contribution in [0.1, 0.15) is 16.7 Å². The number of hydrogen-bond donors (Lipinski definition) is 1. The third-order valence-corrected chi connectivity index (χ3v) is 6.25. The third-order valence-electron chi connectivity index (χ3n) is 3.00. The lowest BCUT2D eigenvalue weighted by atomic mass is 10.1. The van der Waals surface area contributed by atoms with E-state index in [0.717, 1.165) is 22.5 Å². The van der Waals surface area contributed by atoms with Gasteiger partial charge in [-0.2, -0.15) is 0 Å². The number of nitrogens with zero attached hydrogens (tertiary/aromatic N) is 1. The van der Waals surface area contributed by atoms with Gasteiger partial charge in [0.1, 0.15) is 4.21 Å². The first kappa shape index (κ1) is 15.0. The van der Waals surface area contributed by atoms with Crippen LogP contribution in [-0.4, -0.2) is 20.6 Å². The van der Waals surface area contributed by atoms with Crippen molar-refractivity contribution in [2.24, 2.45) is 0 Å². The first-order valence-electron chi connectivity index (χ1n) is 6.10. The van der Waals surface area contributed by atoms with Crippen LogP contribution in [0.5, 0.6) is 0 Å². The molecule has 2 rings (SSSR count). The molecule has 4 nitrogen and oxygen atoms in total. The van der Waals surface area contributed by atoms with Gasteiger partial charge in [0.05, 0.1) is 12.3 Å². The molecule has 0 bridgehead atoms. The maximum Gasteiger partial charge on any atom is 0.273 e. The molecule has 1 N–H and O–H groups in total. The molecule has 0 unspecified atom stereocenters. The summed E-state index contributed by atoms with van der Waals surface area (Å²) in [7, 11) is -2.03. The summed E-state index contributed by atoms with van der Waals surface area (Å²) in [4.78, 5) is 0. The van der Waals surface area contributed by atoms with Gasteiger partial charge in [0, 0.05) is 7.05 Å². The number of anilines is 1. The number of thiophene rings is 1. The molecule has 0 radical (unpaired) electrons. The van der Waals surface area contributed by atoms with Gasteiger partial charge in [-0.25, -0.2) is 8.42 Å². The van der Waals surface area contributed by atoms with E-state index in [-0.39, 0.29) is 10.8 Å². The standard InChI is InChI=1S/C14H17NO3S2/c1-10-4-11(2)6-13(5-10)15(3)20(17,18)14-7-12(8-16)9-19-14/h4-7,9,16H,8H2,1-3H3. The number of hydrogen-bond acceptors (Lipinski definition) is 4. The molecule has 0 saturated heterocycles. The number of aliphatic hydroxyl groups is 1. The summed E-state index contributed by atoms with van der Waals surface area (Å²) < 4.78 is 26.6. The summed E-state index contributed by atoms with van der Waals surface area (Å²) in [5.74, 6) is 0. The Morgan fingerprint density at radius 3 is 2.25 bits per heavy atom. The van der Waals surface area contributed by atoms with E-state index in [1.165, 1.54) is 10.4 Å². The number of aliphatic hydroxyl groups excluding tert-OH is 1. The average Bonchev–Trinajstić information content (AvgIpc) is 2.86. The fraction of sp³-hybridized carbons (Fsp3) is 0.286. The van der Waals surface area contributed by atoms with E-state index in [2.05, 4.69) is 0 Å². The van der Waals surface area contributed by atoms with Gasteiger partial charge in [-0.15, -0.1) is 11.3 Å². The van der Waals surface area contributed by atoms with Crippen LogP contribution in [0.25, 0.3) is 0 Å². The van der Waals surface area contributed by atoms with Crippen LogP contribution in [-0.2, 0) is 16.6 Å². The summed E-state index contributed by atoms with van der Waals surface area (Å²) in [6.45, 7) is 3.72. The SMILES string of the molecule is Cc1cc(C)cc(N(C)S(=O)(=O)c2cc(CO)cs2)c1. The molecule has 1 aromatic heterocycles. The number of sulfonamides is 1. The molecule has 0 saturated carbocycles. The fourth-order valence-electron chi connectivity index (χ4n) is 1.98. The second kappa shape index (κ2) is 5.55. The van der Waals surface area contributed by atoms with E-state index in [4.69, 9.17) is 5.11 Å². The maximum atomic E-state index is 12.5. The first-order valence-corrected chi connectivity index (χ1v) is 8.42. The van der Waals surface area contributed by atoms with Crippen LogP contribution in [0.3, 0.4) is 0 Å². The second-order valence-corrected chi connectivity index (χ2v) is 7.86. The van der Waals surface area contributed by atoms with Crippen molar-refractivity contribution in [2.75, 3.05) is 11.4 Å². The van der Waals surface area contributed by atoms with Crippen LogP contribution < -0.4 is 4.31 Å². The molecule has 2 aromatic rings. The Hall–Kier alpha value is -1.37. The van der Waals surface area contributed by atoms with Gasteiger partial charge in [-0.3, -0.25) is 4.31 Å². The van der Waals surface area contributed by atoms with Crippen LogP contribution in [0.4, 0.5) is 5.69 Å². The summed E-state index contributed by atoms with van der Waals surface area (Å²) >= 11 is 1.12. The van der Waals surface area contributed by atoms with E-state index < -0.39 is 10.0 Å². The van der Waals surface area contributed by atoms with Gasteiger partial charge in [0.2, 0.25) is 0 Å². The predicted octanol–water partition coefficient (Wildman–Crippen LogP) is 2.68. The van der Waals surface area contributed by atoms with Crippen LogP contribution in [0.2, 0.25) is 0 Å². The monoisotopic (exact) mass is 311 g/mol. The summed E-state index contributed by atoms with van der Waals surface area (Å²) in [5.41, 5.74) is 3.29. The van der Waals surface area contributed by atoms with Gasteiger partial charge in [-0.05, 0) is 54.1 Å². The summed E-state index contributed by atoms with van der Waals surface area (Å²) in [5, 5.41) is 10.7. The average molecular weight is 311 g/mol. The predicted molar refractivity (Wildman–Crippen MR) is 81.7 cm³/mol. The van der Waals surface area contributed by atoms with Crippen molar-refractivity contribution in [1.82, 2.24) is 0 Å². The zero-order valence-corrected chi connectivity index (χ0v) is 13.3. The molecule has 0 atom stereocenters. The quantitative estimate of drug-likeness (QED) is 0.944. The van der Waals surface area contributed by atoms with E-state index in [1.54, 1.807) is 12.4 Å². The van der Waals surface area contributed by atoms with Crippen molar-refractivity contribution in [3.63, 3.8) is 0 Å². The number of aryl methyl sites for hydroxylation is 2. The molecule has 0 amide bonds. The molecule has 0 aliphatic carbocycles. The molecule has 1 aromatic carbocycles. The van der Waals surface area contributed by atoms with Gasteiger partial charge in [0.15, 0.2) is 0 Å². The highest BCUT2D eigenvalue weighted by Gasteiger charge is 2.23. The van der Waals surface area contributed by atoms with Crippen LogP contribution in [0.15, 0.2) is 33.9 Å². The van der Waals surface area contributed by atoms with Crippen molar-refractivity contribution in [3.05, 3.63) is 46.3 Å². The lowest BCUT2D eigenvalue weighted by molar-refractivity contribution is 0.282. The van der Waals surface area contributed by atoms with Crippen molar-refractivity contribution in [2.45, 2.75) is 24.7 Å². The summed E-state index contributed by atoms with van der Waals surface area (Å²) in [6.07, 6.45) is 0. The minimum atomic E-state index is -3.57. The Morgan fingerprint density at radius 2 is 1.75 bits per heavy atom. The lowest BCUT2D eigenvalue weighted by Gasteiger charge is -2.19. The van der Waals surface area contributed by atoms with Gasteiger partial charge < -0.3 is 5.11 Å². The minimum Gasteiger partial charge on any atom is -0.392 e. The first-order chi connectivity index (χ1) is 9.34. The second-order valence-electron chi connectivity index (χ2n) is 4.75. The van der Waals surface area contributed by atoms with Crippen LogP contribution in [0, 0.1) is 13.8 Å². The Balaban J connectivity index is 2.42. The Bertz CT molecular complexity index is 700. The van der Waals surface area contributed by atoms with E-state index in [9.17, 15) is 8.42 Å². The minimum absolute atomic E-state index is 0.153. The molecule has 0 aliphatic heterocycles. The lowest BCUT2D eigenvalue weighted by Crippen LogP contribution is -2.26. The fourth-order valence-corrected chi connectivity index (χ4v) is 4.53. The molecule has 108 valence electrons. The van der Waals surface area contributed by atoms with E-state index in [0.29, 0.717) is 11.3 Å².